The highest BCUT2D eigenvalue weighted by Gasteiger charge is 2.74. The topological polar surface area (TPSA) is 90.4 Å². The van der Waals surface area contributed by atoms with Gasteiger partial charge < -0.3 is 24.5 Å². The first kappa shape index (κ1) is 31.4. The van der Waals surface area contributed by atoms with E-state index in [-0.39, 0.29) is 24.3 Å². The van der Waals surface area contributed by atoms with Crippen molar-refractivity contribution >= 4 is 40.9 Å². The van der Waals surface area contributed by atoms with Gasteiger partial charge in [0.1, 0.15) is 11.8 Å². The number of aliphatic hydroxyl groups excluding tert-OH is 1. The minimum absolute atomic E-state index is 0.0878. The summed E-state index contributed by atoms with van der Waals surface area (Å²) < 4.78 is 4.03. The zero-order valence-corrected chi connectivity index (χ0v) is 27.4. The number of aliphatic hydroxyl groups is 1. The highest BCUT2D eigenvalue weighted by molar-refractivity contribution is 8.02. The smallest absolute Gasteiger partial charge is 0.251 e. The van der Waals surface area contributed by atoms with Crippen molar-refractivity contribution in [3.63, 3.8) is 0 Å². The fourth-order valence-electron chi connectivity index (χ4n) is 7.68. The van der Waals surface area contributed by atoms with E-state index in [9.17, 15) is 19.5 Å². The minimum Gasteiger partial charge on any atom is -0.494 e. The molecule has 5 atom stereocenters. The second-order valence-electron chi connectivity index (χ2n) is 12.7. The van der Waals surface area contributed by atoms with Gasteiger partial charge in [-0.15, -0.1) is 11.8 Å². The lowest BCUT2D eigenvalue weighted by molar-refractivity contribution is -0.139. The number of aryl methyl sites for hydroxylation is 2. The van der Waals surface area contributed by atoms with E-state index in [2.05, 4.69) is 12.2 Å². The van der Waals surface area contributed by atoms with E-state index in [0.29, 0.717) is 39.1 Å². The van der Waals surface area contributed by atoms with Crippen LogP contribution in [-0.2, 0) is 14.4 Å². The van der Waals surface area contributed by atoms with Gasteiger partial charge in [0.2, 0.25) is 11.8 Å². The lowest BCUT2D eigenvalue weighted by atomic mass is 9.74. The summed E-state index contributed by atoms with van der Waals surface area (Å²) in [7, 11) is 0. The SMILES string of the molecule is CCOc1ccc(N2CC=C[C@]3(C)S[C@]45C=CCN(c6cc(C)ccc6C)C(=O)C4N(CCCCCO)C(=O)[C@@H]5[C@@H]3C2=O)cc1. The molecule has 0 saturated carbocycles. The van der Waals surface area contributed by atoms with Crippen LogP contribution >= 0.6 is 11.8 Å². The Morgan fingerprint density at radius 1 is 0.889 bits per heavy atom. The van der Waals surface area contributed by atoms with Crippen LogP contribution in [0.3, 0.4) is 0 Å². The normalized spacial score (nSPS) is 29.0. The molecule has 6 rings (SSSR count). The Bertz CT molecular complexity index is 1540. The monoisotopic (exact) mass is 629 g/mol. The molecule has 2 fully saturated rings. The standard InChI is InChI=1S/C36H43N3O5S/c1-5-44-27-15-13-26(14-16-27)37-20-9-17-35(4)29(32(37)41)30-33(42)39(19-7-6-8-22-40)31-34(43)38(21-10-18-36(30,31)45-35)28-23-24(2)11-12-25(28)3/h9-18,23,29-31,40H,5-8,19-22H2,1-4H3/t29-,30+,31?,35+,36+/m1/s1. The molecular formula is C36H43N3O5S. The van der Waals surface area contributed by atoms with Crippen LogP contribution < -0.4 is 14.5 Å². The molecule has 2 aromatic rings. The van der Waals surface area contributed by atoms with Crippen molar-refractivity contribution in [1.82, 2.24) is 4.90 Å². The zero-order valence-electron chi connectivity index (χ0n) is 26.6. The predicted octanol–water partition coefficient (Wildman–Crippen LogP) is 5.06. The number of rotatable bonds is 9. The molecule has 2 aromatic carbocycles. The van der Waals surface area contributed by atoms with Gasteiger partial charge in [-0.25, -0.2) is 0 Å². The molecule has 0 bridgehead atoms. The van der Waals surface area contributed by atoms with Crippen molar-refractivity contribution in [1.29, 1.82) is 0 Å². The molecule has 1 spiro atoms. The fraction of sp³-hybridized carbons (Fsp3) is 0.472. The van der Waals surface area contributed by atoms with Crippen LogP contribution in [0.25, 0.3) is 0 Å². The van der Waals surface area contributed by atoms with E-state index in [0.717, 1.165) is 34.7 Å². The van der Waals surface area contributed by atoms with Crippen LogP contribution in [0, 0.1) is 25.7 Å². The summed E-state index contributed by atoms with van der Waals surface area (Å²) in [6, 6.07) is 12.9. The summed E-state index contributed by atoms with van der Waals surface area (Å²) in [6.07, 6.45) is 10.3. The number of ether oxygens (including phenoxy) is 1. The van der Waals surface area contributed by atoms with Gasteiger partial charge in [0.25, 0.3) is 5.91 Å². The van der Waals surface area contributed by atoms with Gasteiger partial charge in [0.05, 0.1) is 23.2 Å². The molecular weight excluding hydrogens is 586 g/mol. The molecule has 238 valence electrons. The number of thioether (sulfide) groups is 1. The van der Waals surface area contributed by atoms with Gasteiger partial charge in [0.15, 0.2) is 0 Å². The first-order valence-corrected chi connectivity index (χ1v) is 16.9. The Morgan fingerprint density at radius 3 is 2.36 bits per heavy atom. The lowest BCUT2D eigenvalue weighted by Crippen LogP contribution is -2.53. The number of carbonyl (C=O) groups is 3. The molecule has 0 radical (unpaired) electrons. The third kappa shape index (κ3) is 5.27. The maximum atomic E-state index is 14.8. The number of unbranched alkanes of at least 4 members (excludes halogenated alkanes) is 2. The Balaban J connectivity index is 1.42. The minimum atomic E-state index is -0.904. The molecule has 8 nitrogen and oxygen atoms in total. The Hall–Kier alpha value is -3.56. The van der Waals surface area contributed by atoms with Gasteiger partial charge >= 0.3 is 0 Å². The highest BCUT2D eigenvalue weighted by Crippen LogP contribution is 2.65. The highest BCUT2D eigenvalue weighted by atomic mass is 32.2. The van der Waals surface area contributed by atoms with Crippen LogP contribution in [0.2, 0.25) is 0 Å². The number of amides is 3. The number of nitrogens with zero attached hydrogens (tertiary/aromatic N) is 3. The number of hydrogen-bond acceptors (Lipinski definition) is 6. The number of hydrogen-bond donors (Lipinski definition) is 1. The van der Waals surface area contributed by atoms with Crippen molar-refractivity contribution in [2.24, 2.45) is 11.8 Å². The van der Waals surface area contributed by atoms with E-state index in [1.165, 1.54) is 0 Å². The number of anilines is 2. The fourth-order valence-corrected chi connectivity index (χ4v) is 9.84. The lowest BCUT2D eigenvalue weighted by Gasteiger charge is -2.37. The summed E-state index contributed by atoms with van der Waals surface area (Å²) in [6.45, 7) is 9.84. The number of benzene rings is 2. The Kier molecular flexibility index (Phi) is 8.61. The van der Waals surface area contributed by atoms with Crippen molar-refractivity contribution in [2.45, 2.75) is 62.5 Å². The Labute approximate surface area is 270 Å². The van der Waals surface area contributed by atoms with Crippen molar-refractivity contribution in [2.75, 3.05) is 42.6 Å². The summed E-state index contributed by atoms with van der Waals surface area (Å²) >= 11 is 1.60. The van der Waals surface area contributed by atoms with Gasteiger partial charge in [-0.1, -0.05) is 36.4 Å². The average Bonchev–Trinajstić information content (AvgIpc) is 3.28. The molecule has 4 aliphatic heterocycles. The molecule has 4 heterocycles. The summed E-state index contributed by atoms with van der Waals surface area (Å²) in [5, 5.41) is 9.38. The first-order chi connectivity index (χ1) is 21.6. The van der Waals surface area contributed by atoms with Crippen molar-refractivity contribution in [3.8, 4) is 5.75 Å². The van der Waals surface area contributed by atoms with E-state index < -0.39 is 27.4 Å². The maximum absolute atomic E-state index is 14.8. The van der Waals surface area contributed by atoms with Crippen LogP contribution in [0.1, 0.15) is 44.2 Å². The average molecular weight is 630 g/mol. The molecule has 45 heavy (non-hydrogen) atoms. The molecule has 4 aliphatic rings. The Morgan fingerprint density at radius 2 is 1.62 bits per heavy atom. The van der Waals surface area contributed by atoms with E-state index in [1.807, 2.05) is 87.2 Å². The van der Waals surface area contributed by atoms with Gasteiger partial charge in [-0.2, -0.15) is 0 Å². The molecule has 1 N–H and O–H groups in total. The molecule has 2 saturated heterocycles. The molecule has 0 aliphatic carbocycles. The predicted molar refractivity (Wildman–Crippen MR) is 179 cm³/mol. The van der Waals surface area contributed by atoms with Crippen molar-refractivity contribution < 1.29 is 24.2 Å². The third-order valence-electron chi connectivity index (χ3n) is 9.73. The number of fused-ring (bicyclic) bond motifs is 2. The quantitative estimate of drug-likeness (QED) is 0.308. The summed E-state index contributed by atoms with van der Waals surface area (Å²) in [5.41, 5.74) is 3.65. The zero-order chi connectivity index (χ0) is 31.9. The number of likely N-dealkylation sites (tertiary alicyclic amines) is 1. The van der Waals surface area contributed by atoms with Crippen LogP contribution in [0.15, 0.2) is 66.8 Å². The molecule has 3 amide bonds. The first-order valence-electron chi connectivity index (χ1n) is 16.0. The van der Waals surface area contributed by atoms with Gasteiger partial charge in [0, 0.05) is 42.4 Å². The third-order valence-corrected chi connectivity index (χ3v) is 11.5. The van der Waals surface area contributed by atoms with Gasteiger partial charge in [-0.05, 0) is 88.4 Å². The summed E-state index contributed by atoms with van der Waals surface area (Å²) in [4.78, 5) is 49.5. The van der Waals surface area contributed by atoms with Crippen LogP contribution in [-0.4, -0.2) is 76.1 Å². The number of carbonyl (C=O) groups excluding carboxylic acids is 3. The van der Waals surface area contributed by atoms with Gasteiger partial charge in [-0.3, -0.25) is 14.4 Å². The molecule has 1 unspecified atom stereocenters. The van der Waals surface area contributed by atoms with E-state index in [1.54, 1.807) is 21.6 Å². The second kappa shape index (κ2) is 12.3. The second-order valence-corrected chi connectivity index (χ2v) is 14.5. The van der Waals surface area contributed by atoms with E-state index in [4.69, 9.17) is 4.74 Å². The molecule has 9 heteroatoms. The van der Waals surface area contributed by atoms with Crippen molar-refractivity contribution in [3.05, 3.63) is 77.9 Å². The van der Waals surface area contributed by atoms with Crippen LogP contribution in [0.5, 0.6) is 5.75 Å². The maximum Gasteiger partial charge on any atom is 0.251 e. The summed E-state index contributed by atoms with van der Waals surface area (Å²) in [5.74, 6) is -0.975. The van der Waals surface area contributed by atoms with E-state index >= 15 is 0 Å². The molecule has 0 aromatic heterocycles. The van der Waals surface area contributed by atoms with Crippen LogP contribution in [0.4, 0.5) is 11.4 Å². The largest absolute Gasteiger partial charge is 0.494 e.